The molecule has 3 rings (SSSR count). The zero-order chi connectivity index (χ0) is 20.1. The van der Waals surface area contributed by atoms with Crippen molar-refractivity contribution in [2.75, 3.05) is 69.7 Å². The van der Waals surface area contributed by atoms with Crippen molar-refractivity contribution < 1.29 is 13.9 Å². The molecule has 7 heteroatoms. The summed E-state index contributed by atoms with van der Waals surface area (Å²) in [7, 11) is 1.78. The number of anilines is 2. The summed E-state index contributed by atoms with van der Waals surface area (Å²) in [4.78, 5) is 18.7. The van der Waals surface area contributed by atoms with Crippen molar-refractivity contribution in [2.45, 2.75) is 26.7 Å². The number of morpholine rings is 1. The van der Waals surface area contributed by atoms with Crippen LogP contribution in [0.4, 0.5) is 20.6 Å². The molecule has 0 aliphatic carbocycles. The minimum Gasteiger partial charge on any atom is -0.379 e. The van der Waals surface area contributed by atoms with E-state index in [1.807, 2.05) is 0 Å². The van der Waals surface area contributed by atoms with Crippen LogP contribution in [0.5, 0.6) is 0 Å². The van der Waals surface area contributed by atoms with Gasteiger partial charge < -0.3 is 19.9 Å². The molecule has 0 atom stereocenters. The number of amides is 2. The second-order valence-electron chi connectivity index (χ2n) is 8.70. The van der Waals surface area contributed by atoms with E-state index in [1.165, 1.54) is 6.07 Å². The molecule has 1 aromatic carbocycles. The molecule has 0 spiro atoms. The molecule has 0 aromatic heterocycles. The summed E-state index contributed by atoms with van der Waals surface area (Å²) in [5.74, 6) is -0.282. The third-order valence-corrected chi connectivity index (χ3v) is 5.41. The number of ether oxygens (including phenoxy) is 1. The fourth-order valence-electron chi connectivity index (χ4n) is 4.15. The number of hydrogen-bond acceptors (Lipinski definition) is 4. The lowest BCUT2D eigenvalue weighted by Crippen LogP contribution is -2.47. The van der Waals surface area contributed by atoms with Gasteiger partial charge in [-0.1, -0.05) is 13.8 Å². The monoisotopic (exact) mass is 392 g/mol. The minimum absolute atomic E-state index is 0.0473. The van der Waals surface area contributed by atoms with E-state index in [1.54, 1.807) is 24.1 Å². The predicted octanol–water partition coefficient (Wildman–Crippen LogP) is 3.25. The van der Waals surface area contributed by atoms with Crippen LogP contribution in [0.25, 0.3) is 0 Å². The largest absolute Gasteiger partial charge is 0.379 e. The third kappa shape index (κ3) is 5.58. The maximum Gasteiger partial charge on any atom is 0.321 e. The van der Waals surface area contributed by atoms with Crippen LogP contribution >= 0.6 is 0 Å². The highest BCUT2D eigenvalue weighted by Crippen LogP contribution is 2.26. The van der Waals surface area contributed by atoms with Gasteiger partial charge >= 0.3 is 6.03 Å². The lowest BCUT2D eigenvalue weighted by molar-refractivity contribution is 0.0182. The molecule has 0 unspecified atom stereocenters. The van der Waals surface area contributed by atoms with Crippen molar-refractivity contribution >= 4 is 17.4 Å². The fourth-order valence-corrected chi connectivity index (χ4v) is 4.15. The summed E-state index contributed by atoms with van der Waals surface area (Å²) >= 11 is 0. The van der Waals surface area contributed by atoms with Gasteiger partial charge in [0.25, 0.3) is 0 Å². The molecule has 2 amide bonds. The number of hydrogen-bond donors (Lipinski definition) is 1. The van der Waals surface area contributed by atoms with Gasteiger partial charge in [0.15, 0.2) is 0 Å². The first-order chi connectivity index (χ1) is 13.3. The molecule has 28 heavy (non-hydrogen) atoms. The van der Waals surface area contributed by atoms with Crippen LogP contribution in [-0.2, 0) is 4.74 Å². The molecular weight excluding hydrogens is 359 g/mol. The SMILES string of the molecule is CN(CC(C)(C)CN1CCOCC1)C(=O)Nc1ccc(N2CCCC2)c(F)c1. The van der Waals surface area contributed by atoms with Gasteiger partial charge in [0.1, 0.15) is 5.82 Å². The number of carbonyl (C=O) groups is 1. The minimum atomic E-state index is -0.282. The van der Waals surface area contributed by atoms with Crippen molar-refractivity contribution in [3.63, 3.8) is 0 Å². The van der Waals surface area contributed by atoms with Crippen molar-refractivity contribution in [3.8, 4) is 0 Å². The third-order valence-electron chi connectivity index (χ3n) is 5.41. The van der Waals surface area contributed by atoms with E-state index in [0.29, 0.717) is 17.9 Å². The molecule has 2 saturated heterocycles. The number of nitrogens with one attached hydrogen (secondary N) is 1. The van der Waals surface area contributed by atoms with Gasteiger partial charge in [0.05, 0.1) is 18.9 Å². The first-order valence-corrected chi connectivity index (χ1v) is 10.2. The second-order valence-corrected chi connectivity index (χ2v) is 8.70. The van der Waals surface area contributed by atoms with Gasteiger partial charge in [-0.05, 0) is 36.5 Å². The number of rotatable bonds is 6. The summed E-state index contributed by atoms with van der Waals surface area (Å²) < 4.78 is 19.9. The Labute approximate surface area is 167 Å². The van der Waals surface area contributed by atoms with E-state index in [0.717, 1.165) is 58.8 Å². The van der Waals surface area contributed by atoms with Crippen molar-refractivity contribution in [1.29, 1.82) is 0 Å². The highest BCUT2D eigenvalue weighted by molar-refractivity contribution is 5.89. The topological polar surface area (TPSA) is 48.1 Å². The lowest BCUT2D eigenvalue weighted by Gasteiger charge is -2.37. The smallest absolute Gasteiger partial charge is 0.321 e. The number of nitrogens with zero attached hydrogens (tertiary/aromatic N) is 3. The van der Waals surface area contributed by atoms with Crippen molar-refractivity contribution in [2.24, 2.45) is 5.41 Å². The molecule has 6 nitrogen and oxygen atoms in total. The second kappa shape index (κ2) is 9.09. The van der Waals surface area contributed by atoms with Gasteiger partial charge in [-0.2, -0.15) is 0 Å². The Hall–Kier alpha value is -1.86. The molecule has 0 saturated carbocycles. The highest BCUT2D eigenvalue weighted by Gasteiger charge is 2.26. The van der Waals surface area contributed by atoms with Crippen LogP contribution in [0.1, 0.15) is 26.7 Å². The average molecular weight is 393 g/mol. The van der Waals surface area contributed by atoms with Crippen LogP contribution in [-0.4, -0.2) is 75.4 Å². The summed E-state index contributed by atoms with van der Waals surface area (Å²) in [5, 5.41) is 2.82. The Morgan fingerprint density at radius 1 is 1.21 bits per heavy atom. The molecule has 2 heterocycles. The Balaban J connectivity index is 1.53. The maximum atomic E-state index is 14.5. The lowest BCUT2D eigenvalue weighted by atomic mass is 9.92. The zero-order valence-corrected chi connectivity index (χ0v) is 17.3. The van der Waals surface area contributed by atoms with Gasteiger partial charge in [0, 0.05) is 52.0 Å². The predicted molar refractivity (Wildman–Crippen MR) is 111 cm³/mol. The van der Waals surface area contributed by atoms with Gasteiger partial charge in [-0.3, -0.25) is 4.90 Å². The molecule has 156 valence electrons. The summed E-state index contributed by atoms with van der Waals surface area (Å²) in [6.07, 6.45) is 2.20. The first kappa shape index (κ1) is 20.9. The summed E-state index contributed by atoms with van der Waals surface area (Å²) in [6.45, 7) is 11.0. The van der Waals surface area contributed by atoms with E-state index in [2.05, 4.69) is 29.0 Å². The fraction of sp³-hybridized carbons (Fsp3) is 0.667. The number of halogens is 1. The maximum absolute atomic E-state index is 14.5. The molecule has 2 fully saturated rings. The van der Waals surface area contributed by atoms with E-state index in [-0.39, 0.29) is 17.3 Å². The van der Waals surface area contributed by atoms with Crippen LogP contribution in [0, 0.1) is 11.2 Å². The standard InChI is InChI=1S/C21H33FN4O2/c1-21(2,16-25-10-12-28-13-11-25)15-24(3)20(27)23-17-6-7-19(18(22)14-17)26-8-4-5-9-26/h6-7,14H,4-5,8-13,15-16H2,1-3H3,(H,23,27). The molecule has 2 aliphatic heterocycles. The Kier molecular flexibility index (Phi) is 6.78. The van der Waals surface area contributed by atoms with Gasteiger partial charge in [-0.15, -0.1) is 0 Å². The molecule has 0 bridgehead atoms. The van der Waals surface area contributed by atoms with Crippen molar-refractivity contribution in [3.05, 3.63) is 24.0 Å². The van der Waals surface area contributed by atoms with Gasteiger partial charge in [0.2, 0.25) is 0 Å². The molecule has 1 N–H and O–H groups in total. The summed E-state index contributed by atoms with van der Waals surface area (Å²) in [5.41, 5.74) is 1.06. The Morgan fingerprint density at radius 3 is 2.54 bits per heavy atom. The average Bonchev–Trinajstić information content (AvgIpc) is 3.16. The van der Waals surface area contributed by atoms with Gasteiger partial charge in [-0.25, -0.2) is 9.18 Å². The number of carbonyl (C=O) groups excluding carboxylic acids is 1. The number of urea groups is 1. The van der Waals surface area contributed by atoms with E-state index in [9.17, 15) is 9.18 Å². The van der Waals surface area contributed by atoms with E-state index < -0.39 is 0 Å². The molecule has 1 aromatic rings. The van der Waals surface area contributed by atoms with Crippen LogP contribution in [0.15, 0.2) is 18.2 Å². The first-order valence-electron chi connectivity index (χ1n) is 10.2. The normalized spacial score (nSPS) is 18.4. The quantitative estimate of drug-likeness (QED) is 0.807. The summed E-state index contributed by atoms with van der Waals surface area (Å²) in [6, 6.07) is 4.74. The van der Waals surface area contributed by atoms with E-state index >= 15 is 0 Å². The number of benzene rings is 1. The van der Waals surface area contributed by atoms with Crippen molar-refractivity contribution in [1.82, 2.24) is 9.80 Å². The molecule has 0 radical (unpaired) electrons. The van der Waals surface area contributed by atoms with E-state index in [4.69, 9.17) is 4.74 Å². The Morgan fingerprint density at radius 2 is 1.89 bits per heavy atom. The molecular formula is C21H33FN4O2. The zero-order valence-electron chi connectivity index (χ0n) is 17.3. The Bertz CT molecular complexity index is 670. The van der Waals surface area contributed by atoms with Crippen LogP contribution in [0.3, 0.4) is 0 Å². The highest BCUT2D eigenvalue weighted by atomic mass is 19.1. The van der Waals surface area contributed by atoms with Crippen LogP contribution in [0.2, 0.25) is 0 Å². The van der Waals surface area contributed by atoms with Crippen LogP contribution < -0.4 is 10.2 Å². The molecule has 2 aliphatic rings.